The fraction of sp³-hybridized carbons (Fsp3) is 0.611. The molecule has 2 N–H and O–H groups in total. The van der Waals surface area contributed by atoms with E-state index in [1.165, 1.54) is 19.4 Å². The first-order valence-corrected chi connectivity index (χ1v) is 8.99. The van der Waals surface area contributed by atoms with E-state index in [9.17, 15) is 4.79 Å². The molecule has 1 amide bonds. The Morgan fingerprint density at radius 1 is 1.26 bits per heavy atom. The Bertz CT molecular complexity index is 551. The topological polar surface area (TPSA) is 44.4 Å². The Morgan fingerprint density at radius 3 is 2.65 bits per heavy atom. The molecule has 0 bridgehead atoms. The number of nitrogens with zero attached hydrogens (tertiary/aromatic N) is 1. The third-order valence-corrected chi connectivity index (χ3v) is 5.04. The van der Waals surface area contributed by atoms with Crippen molar-refractivity contribution >= 4 is 23.2 Å². The first-order chi connectivity index (χ1) is 11.1. The Balaban J connectivity index is 1.40. The Morgan fingerprint density at radius 2 is 2.00 bits per heavy atom. The lowest BCUT2D eigenvalue weighted by atomic mass is 10.0. The maximum Gasteiger partial charge on any atom is 0.238 e. The molecular formula is C18H26ClN3O. The zero-order chi connectivity index (χ0) is 16.2. The van der Waals surface area contributed by atoms with Gasteiger partial charge in [0.05, 0.1) is 6.54 Å². The van der Waals surface area contributed by atoms with Gasteiger partial charge in [-0.1, -0.05) is 11.6 Å². The zero-order valence-corrected chi connectivity index (χ0v) is 14.5. The molecule has 1 heterocycles. The van der Waals surface area contributed by atoms with Crippen LogP contribution in [0.15, 0.2) is 18.2 Å². The van der Waals surface area contributed by atoms with Gasteiger partial charge in [-0.15, -0.1) is 0 Å². The van der Waals surface area contributed by atoms with Gasteiger partial charge in [-0.2, -0.15) is 0 Å². The molecule has 2 aliphatic rings. The normalized spacial score (nSPS) is 19.7. The number of amides is 1. The van der Waals surface area contributed by atoms with Crippen LogP contribution in [0.2, 0.25) is 5.02 Å². The van der Waals surface area contributed by atoms with Crippen molar-refractivity contribution in [2.24, 2.45) is 5.92 Å². The van der Waals surface area contributed by atoms with Crippen molar-refractivity contribution in [1.82, 2.24) is 10.2 Å². The minimum atomic E-state index is 0.0554. The molecule has 5 heteroatoms. The van der Waals surface area contributed by atoms with Crippen molar-refractivity contribution in [3.05, 3.63) is 28.8 Å². The quantitative estimate of drug-likeness (QED) is 0.839. The molecule has 23 heavy (non-hydrogen) atoms. The lowest BCUT2D eigenvalue weighted by molar-refractivity contribution is -0.117. The second kappa shape index (κ2) is 7.65. The van der Waals surface area contributed by atoms with Gasteiger partial charge >= 0.3 is 0 Å². The molecule has 1 saturated carbocycles. The second-order valence-corrected chi connectivity index (χ2v) is 7.35. The summed E-state index contributed by atoms with van der Waals surface area (Å²) in [4.78, 5) is 14.5. The van der Waals surface area contributed by atoms with E-state index in [2.05, 4.69) is 15.5 Å². The Labute approximate surface area is 143 Å². The fourth-order valence-electron chi connectivity index (χ4n) is 3.11. The molecule has 0 unspecified atom stereocenters. The van der Waals surface area contributed by atoms with E-state index in [0.717, 1.165) is 43.1 Å². The van der Waals surface area contributed by atoms with E-state index in [1.807, 2.05) is 19.1 Å². The summed E-state index contributed by atoms with van der Waals surface area (Å²) in [6.07, 6.45) is 5.08. The highest BCUT2D eigenvalue weighted by Crippen LogP contribution is 2.28. The van der Waals surface area contributed by atoms with Gasteiger partial charge in [-0.25, -0.2) is 0 Å². The number of anilines is 1. The number of benzene rings is 1. The van der Waals surface area contributed by atoms with E-state index < -0.39 is 0 Å². The van der Waals surface area contributed by atoms with Gasteiger partial charge in [0, 0.05) is 29.8 Å². The molecule has 1 aromatic rings. The van der Waals surface area contributed by atoms with Crippen molar-refractivity contribution in [2.45, 2.75) is 38.6 Å². The molecule has 1 saturated heterocycles. The van der Waals surface area contributed by atoms with Gasteiger partial charge in [0.2, 0.25) is 5.91 Å². The minimum absolute atomic E-state index is 0.0554. The molecule has 1 aliphatic carbocycles. The number of piperidine rings is 1. The summed E-state index contributed by atoms with van der Waals surface area (Å²) in [5.41, 5.74) is 1.84. The number of rotatable bonds is 6. The van der Waals surface area contributed by atoms with Crippen LogP contribution in [-0.2, 0) is 4.79 Å². The lowest BCUT2D eigenvalue weighted by Gasteiger charge is -2.32. The van der Waals surface area contributed by atoms with Crippen LogP contribution in [0, 0.1) is 12.8 Å². The van der Waals surface area contributed by atoms with Crippen molar-refractivity contribution in [3.63, 3.8) is 0 Å². The summed E-state index contributed by atoms with van der Waals surface area (Å²) >= 11 is 5.94. The van der Waals surface area contributed by atoms with Crippen LogP contribution in [0.5, 0.6) is 0 Å². The monoisotopic (exact) mass is 335 g/mol. The third kappa shape index (κ3) is 5.20. The van der Waals surface area contributed by atoms with E-state index in [4.69, 9.17) is 11.6 Å². The number of hydrogen-bond acceptors (Lipinski definition) is 3. The summed E-state index contributed by atoms with van der Waals surface area (Å²) < 4.78 is 0. The summed E-state index contributed by atoms with van der Waals surface area (Å²) in [6.45, 7) is 5.60. The standard InChI is InChI=1S/C18H26ClN3O/c1-13-10-15(19)4-5-17(13)21-18(23)12-22-8-6-16(7-9-22)20-11-14-2-3-14/h4-5,10,14,16,20H,2-3,6-9,11-12H2,1H3,(H,21,23). The van der Waals surface area contributed by atoms with Crippen LogP contribution in [0.1, 0.15) is 31.2 Å². The minimum Gasteiger partial charge on any atom is -0.325 e. The van der Waals surface area contributed by atoms with Crippen molar-refractivity contribution < 1.29 is 4.79 Å². The summed E-state index contributed by atoms with van der Waals surface area (Å²) in [5, 5.41) is 7.36. The third-order valence-electron chi connectivity index (χ3n) is 4.81. The number of aryl methyl sites for hydroxylation is 1. The largest absolute Gasteiger partial charge is 0.325 e. The number of likely N-dealkylation sites (tertiary alicyclic amines) is 1. The maximum atomic E-state index is 12.2. The number of hydrogen-bond donors (Lipinski definition) is 2. The van der Waals surface area contributed by atoms with Crippen LogP contribution >= 0.6 is 11.6 Å². The van der Waals surface area contributed by atoms with Gasteiger partial charge in [-0.3, -0.25) is 9.69 Å². The van der Waals surface area contributed by atoms with E-state index >= 15 is 0 Å². The Hall–Kier alpha value is -1.10. The highest BCUT2D eigenvalue weighted by atomic mass is 35.5. The molecule has 1 aliphatic heterocycles. The molecule has 2 fully saturated rings. The molecule has 126 valence electrons. The lowest BCUT2D eigenvalue weighted by Crippen LogP contribution is -2.45. The van der Waals surface area contributed by atoms with Crippen molar-refractivity contribution in [1.29, 1.82) is 0 Å². The fourth-order valence-corrected chi connectivity index (χ4v) is 3.34. The summed E-state index contributed by atoms with van der Waals surface area (Å²) in [5.74, 6) is 0.987. The van der Waals surface area contributed by atoms with Crippen molar-refractivity contribution in [2.75, 3.05) is 31.5 Å². The first-order valence-electron chi connectivity index (χ1n) is 8.62. The Kier molecular flexibility index (Phi) is 5.57. The van der Waals surface area contributed by atoms with Gasteiger partial charge in [0.25, 0.3) is 0 Å². The highest BCUT2D eigenvalue weighted by Gasteiger charge is 2.25. The smallest absolute Gasteiger partial charge is 0.238 e. The van der Waals surface area contributed by atoms with Crippen LogP contribution in [-0.4, -0.2) is 43.0 Å². The van der Waals surface area contributed by atoms with Crippen LogP contribution < -0.4 is 10.6 Å². The molecule has 0 spiro atoms. The van der Waals surface area contributed by atoms with E-state index in [0.29, 0.717) is 17.6 Å². The average Bonchev–Trinajstić information content (AvgIpc) is 3.34. The molecular weight excluding hydrogens is 310 g/mol. The van der Waals surface area contributed by atoms with Gasteiger partial charge < -0.3 is 10.6 Å². The van der Waals surface area contributed by atoms with Crippen LogP contribution in [0.25, 0.3) is 0 Å². The molecule has 0 atom stereocenters. The number of carbonyl (C=O) groups excluding carboxylic acids is 1. The van der Waals surface area contributed by atoms with E-state index in [-0.39, 0.29) is 5.91 Å². The number of carbonyl (C=O) groups is 1. The maximum absolute atomic E-state index is 12.2. The van der Waals surface area contributed by atoms with Crippen LogP contribution in [0.4, 0.5) is 5.69 Å². The predicted molar refractivity (Wildman–Crippen MR) is 95.0 cm³/mol. The van der Waals surface area contributed by atoms with Gasteiger partial charge in [-0.05, 0) is 68.8 Å². The average molecular weight is 336 g/mol. The summed E-state index contributed by atoms with van der Waals surface area (Å²) in [6, 6.07) is 6.17. The molecule has 4 nitrogen and oxygen atoms in total. The zero-order valence-electron chi connectivity index (χ0n) is 13.8. The summed E-state index contributed by atoms with van der Waals surface area (Å²) in [7, 11) is 0. The predicted octanol–water partition coefficient (Wildman–Crippen LogP) is 3.05. The van der Waals surface area contributed by atoms with Crippen LogP contribution in [0.3, 0.4) is 0 Å². The molecule has 0 aromatic heterocycles. The van der Waals surface area contributed by atoms with Gasteiger partial charge in [0.1, 0.15) is 0 Å². The number of nitrogens with one attached hydrogen (secondary N) is 2. The highest BCUT2D eigenvalue weighted by molar-refractivity contribution is 6.30. The molecule has 3 rings (SSSR count). The van der Waals surface area contributed by atoms with Gasteiger partial charge in [0.15, 0.2) is 0 Å². The number of halogens is 1. The molecule has 0 radical (unpaired) electrons. The SMILES string of the molecule is Cc1cc(Cl)ccc1NC(=O)CN1CCC(NCC2CC2)CC1. The first kappa shape index (κ1) is 16.7. The van der Waals surface area contributed by atoms with E-state index in [1.54, 1.807) is 6.07 Å². The van der Waals surface area contributed by atoms with Crippen molar-refractivity contribution in [3.8, 4) is 0 Å². The second-order valence-electron chi connectivity index (χ2n) is 6.91. The molecule has 1 aromatic carbocycles.